The van der Waals surface area contributed by atoms with Crippen LogP contribution >= 0.6 is 0 Å². The van der Waals surface area contributed by atoms with Crippen LogP contribution < -0.4 is 10.1 Å². The molecule has 3 aromatic carbocycles. The Labute approximate surface area is 210 Å². The zero-order chi connectivity index (χ0) is 24.3. The monoisotopic (exact) mass is 470 g/mol. The van der Waals surface area contributed by atoms with Crippen LogP contribution in [0, 0.1) is 5.92 Å². The lowest BCUT2D eigenvalue weighted by Gasteiger charge is -2.32. The highest BCUT2D eigenvalue weighted by Gasteiger charge is 2.21. The van der Waals surface area contributed by atoms with Crippen LogP contribution in [0.25, 0.3) is 0 Å². The van der Waals surface area contributed by atoms with Crippen LogP contribution in [0.1, 0.15) is 59.7 Å². The van der Waals surface area contributed by atoms with Crippen LogP contribution in [0.3, 0.4) is 0 Å². The SMILES string of the molecule is CNCCC(Oc1ccccc1)c1ccc(C(=O)CCC2CCN(Cc3ccccc3)CC2)cc1. The van der Waals surface area contributed by atoms with E-state index >= 15 is 0 Å². The van der Waals surface area contributed by atoms with E-state index in [9.17, 15) is 4.79 Å². The highest BCUT2D eigenvalue weighted by molar-refractivity contribution is 5.96. The number of carbonyl (C=O) groups is 1. The smallest absolute Gasteiger partial charge is 0.162 e. The van der Waals surface area contributed by atoms with Gasteiger partial charge in [0.1, 0.15) is 11.9 Å². The predicted octanol–water partition coefficient (Wildman–Crippen LogP) is 6.29. The lowest BCUT2D eigenvalue weighted by molar-refractivity contribution is 0.0961. The summed E-state index contributed by atoms with van der Waals surface area (Å²) in [5.41, 5.74) is 3.29. The number of ketones is 1. The average molecular weight is 471 g/mol. The molecule has 0 spiro atoms. The molecule has 3 aromatic rings. The van der Waals surface area contributed by atoms with Gasteiger partial charge in [-0.1, -0.05) is 72.8 Å². The molecule has 0 aromatic heterocycles. The predicted molar refractivity (Wildman–Crippen MR) is 143 cm³/mol. The Balaban J connectivity index is 1.25. The second kappa shape index (κ2) is 13.2. The maximum absolute atomic E-state index is 12.9. The maximum atomic E-state index is 12.9. The van der Waals surface area contributed by atoms with Gasteiger partial charge in [-0.15, -0.1) is 0 Å². The number of piperidine rings is 1. The zero-order valence-electron chi connectivity index (χ0n) is 20.9. The van der Waals surface area contributed by atoms with Gasteiger partial charge in [-0.25, -0.2) is 0 Å². The van der Waals surface area contributed by atoms with Crippen LogP contribution in [0.2, 0.25) is 0 Å². The largest absolute Gasteiger partial charge is 0.486 e. The van der Waals surface area contributed by atoms with Gasteiger partial charge in [0.15, 0.2) is 5.78 Å². The molecule has 1 fully saturated rings. The van der Waals surface area contributed by atoms with Crippen molar-refractivity contribution < 1.29 is 9.53 Å². The second-order valence-corrected chi connectivity index (χ2v) is 9.60. The molecule has 1 saturated heterocycles. The van der Waals surface area contributed by atoms with Gasteiger partial charge in [0, 0.05) is 24.9 Å². The van der Waals surface area contributed by atoms with Gasteiger partial charge in [0.2, 0.25) is 0 Å². The van der Waals surface area contributed by atoms with Gasteiger partial charge in [-0.3, -0.25) is 9.69 Å². The Bertz CT molecular complexity index is 1010. The van der Waals surface area contributed by atoms with Crippen molar-refractivity contribution in [3.05, 3.63) is 102 Å². The molecule has 1 unspecified atom stereocenters. The van der Waals surface area contributed by atoms with Crippen LogP contribution in [0.4, 0.5) is 0 Å². The third-order valence-corrected chi connectivity index (χ3v) is 7.02. The molecule has 35 heavy (non-hydrogen) atoms. The minimum atomic E-state index is -0.0462. The Hall–Kier alpha value is -2.95. The minimum absolute atomic E-state index is 0.0462. The van der Waals surface area contributed by atoms with Gasteiger partial charge in [-0.2, -0.15) is 0 Å². The molecule has 1 aliphatic heterocycles. The van der Waals surface area contributed by atoms with E-state index in [4.69, 9.17) is 4.74 Å². The van der Waals surface area contributed by atoms with E-state index in [2.05, 4.69) is 52.7 Å². The van der Waals surface area contributed by atoms with Crippen LogP contribution in [0.15, 0.2) is 84.9 Å². The quantitative estimate of drug-likeness (QED) is 0.316. The van der Waals surface area contributed by atoms with Crippen LogP contribution in [-0.4, -0.2) is 37.4 Å². The lowest BCUT2D eigenvalue weighted by Crippen LogP contribution is -2.33. The highest BCUT2D eigenvalue weighted by atomic mass is 16.5. The molecule has 4 nitrogen and oxygen atoms in total. The Morgan fingerprint density at radius 2 is 1.60 bits per heavy atom. The van der Waals surface area contributed by atoms with Gasteiger partial charge < -0.3 is 10.1 Å². The number of benzene rings is 3. The average Bonchev–Trinajstić information content (AvgIpc) is 2.92. The molecule has 1 N–H and O–H groups in total. The molecular formula is C31H38N2O2. The second-order valence-electron chi connectivity index (χ2n) is 9.60. The number of nitrogens with one attached hydrogen (secondary N) is 1. The van der Waals surface area contributed by atoms with E-state index < -0.39 is 0 Å². The minimum Gasteiger partial charge on any atom is -0.486 e. The highest BCUT2D eigenvalue weighted by Crippen LogP contribution is 2.27. The standard InChI is InChI=1S/C31H38N2O2/c1-32-21-18-31(35-29-10-6-3-7-11-29)28-15-13-27(14-16-28)30(34)17-12-25-19-22-33(23-20-25)24-26-8-4-2-5-9-26/h2-11,13-16,25,31-32H,12,17-24H2,1H3. The van der Waals surface area contributed by atoms with Crippen molar-refractivity contribution in [3.8, 4) is 5.75 Å². The first-order chi connectivity index (χ1) is 17.2. The summed E-state index contributed by atoms with van der Waals surface area (Å²) < 4.78 is 6.25. The van der Waals surface area contributed by atoms with Crippen LogP contribution in [0.5, 0.6) is 5.75 Å². The number of ether oxygens (including phenoxy) is 1. The number of likely N-dealkylation sites (tertiary alicyclic amines) is 1. The zero-order valence-corrected chi connectivity index (χ0v) is 20.9. The molecule has 1 heterocycles. The molecule has 0 amide bonds. The van der Waals surface area contributed by atoms with E-state index in [0.717, 1.165) is 55.9 Å². The summed E-state index contributed by atoms with van der Waals surface area (Å²) >= 11 is 0. The van der Waals surface area contributed by atoms with Gasteiger partial charge in [0.05, 0.1) is 0 Å². The number of hydrogen-bond acceptors (Lipinski definition) is 4. The van der Waals surface area contributed by atoms with E-state index in [1.54, 1.807) is 0 Å². The molecule has 1 atom stereocenters. The van der Waals surface area contributed by atoms with Gasteiger partial charge >= 0.3 is 0 Å². The first-order valence-corrected chi connectivity index (χ1v) is 13.0. The first kappa shape index (κ1) is 25.2. The van der Waals surface area contributed by atoms with Crippen molar-refractivity contribution in [3.63, 3.8) is 0 Å². The summed E-state index contributed by atoms with van der Waals surface area (Å²) in [6.45, 7) is 4.14. The summed E-state index contributed by atoms with van der Waals surface area (Å²) in [5, 5.41) is 3.21. The number of rotatable bonds is 12. The summed E-state index contributed by atoms with van der Waals surface area (Å²) in [4.78, 5) is 15.4. The van der Waals surface area contributed by atoms with Crippen molar-refractivity contribution in [2.45, 2.75) is 44.8 Å². The number of Topliss-reactive ketones (excluding diaryl/α,β-unsaturated/α-hetero) is 1. The summed E-state index contributed by atoms with van der Waals surface area (Å²) in [6.07, 6.45) is 4.80. The molecular weight excluding hydrogens is 432 g/mol. The van der Waals surface area contributed by atoms with Gasteiger partial charge in [-0.05, 0) is 75.1 Å². The van der Waals surface area contributed by atoms with E-state index in [1.807, 2.05) is 49.5 Å². The molecule has 0 saturated carbocycles. The molecule has 4 rings (SSSR count). The fourth-order valence-electron chi connectivity index (χ4n) is 4.87. The van der Waals surface area contributed by atoms with Gasteiger partial charge in [0.25, 0.3) is 0 Å². The fourth-order valence-corrected chi connectivity index (χ4v) is 4.87. The van der Waals surface area contributed by atoms with Crippen molar-refractivity contribution >= 4 is 5.78 Å². The molecule has 0 bridgehead atoms. The van der Waals surface area contributed by atoms with Crippen molar-refractivity contribution in [1.29, 1.82) is 0 Å². The van der Waals surface area contributed by atoms with E-state index in [0.29, 0.717) is 12.3 Å². The van der Waals surface area contributed by atoms with E-state index in [-0.39, 0.29) is 11.9 Å². The summed E-state index contributed by atoms with van der Waals surface area (Å²) in [7, 11) is 1.95. The third-order valence-electron chi connectivity index (χ3n) is 7.02. The van der Waals surface area contributed by atoms with Crippen molar-refractivity contribution in [2.24, 2.45) is 5.92 Å². The molecule has 1 aliphatic rings. The topological polar surface area (TPSA) is 41.6 Å². The molecule has 0 radical (unpaired) electrons. The number of para-hydroxylation sites is 1. The first-order valence-electron chi connectivity index (χ1n) is 13.0. The summed E-state index contributed by atoms with van der Waals surface area (Å²) in [6, 6.07) is 28.7. The third kappa shape index (κ3) is 7.78. The maximum Gasteiger partial charge on any atom is 0.162 e. The lowest BCUT2D eigenvalue weighted by atomic mass is 9.90. The fraction of sp³-hybridized carbons (Fsp3) is 0.387. The number of nitrogens with zero attached hydrogens (tertiary/aromatic N) is 1. The summed E-state index contributed by atoms with van der Waals surface area (Å²) in [5.74, 6) is 1.76. The normalized spacial score (nSPS) is 15.6. The Morgan fingerprint density at radius 3 is 2.26 bits per heavy atom. The Kier molecular flexibility index (Phi) is 9.50. The number of hydrogen-bond donors (Lipinski definition) is 1. The molecule has 0 aliphatic carbocycles. The Morgan fingerprint density at radius 1 is 0.943 bits per heavy atom. The molecule has 184 valence electrons. The van der Waals surface area contributed by atoms with E-state index in [1.165, 1.54) is 18.4 Å². The number of carbonyl (C=O) groups excluding carboxylic acids is 1. The van der Waals surface area contributed by atoms with Crippen LogP contribution in [-0.2, 0) is 6.54 Å². The molecule has 4 heteroatoms. The van der Waals surface area contributed by atoms with Crippen molar-refractivity contribution in [1.82, 2.24) is 10.2 Å². The van der Waals surface area contributed by atoms with Crippen molar-refractivity contribution in [2.75, 3.05) is 26.7 Å².